The minimum Gasteiger partial charge on any atom is -0.377 e. The standard InChI is InChI=1S/C14H13Br2FN2/c15-10-2-4-11(5-3-10)19-14(8-18)9-1-6-13(17)12(16)7-9/h1-7,14,19H,8,18H2. The van der Waals surface area contributed by atoms with Crippen LogP contribution >= 0.6 is 31.9 Å². The minimum atomic E-state index is -0.275. The summed E-state index contributed by atoms with van der Waals surface area (Å²) in [4.78, 5) is 0. The quantitative estimate of drug-likeness (QED) is 0.812. The first-order chi connectivity index (χ1) is 9.10. The minimum absolute atomic E-state index is 0.0573. The van der Waals surface area contributed by atoms with Gasteiger partial charge in [-0.05, 0) is 57.9 Å². The summed E-state index contributed by atoms with van der Waals surface area (Å²) in [5, 5.41) is 3.33. The van der Waals surface area contributed by atoms with Crippen LogP contribution in [0.3, 0.4) is 0 Å². The molecule has 0 spiro atoms. The van der Waals surface area contributed by atoms with Gasteiger partial charge in [0.25, 0.3) is 0 Å². The maximum absolute atomic E-state index is 13.2. The topological polar surface area (TPSA) is 38.0 Å². The van der Waals surface area contributed by atoms with E-state index in [0.717, 1.165) is 15.7 Å². The van der Waals surface area contributed by atoms with Crippen molar-refractivity contribution in [2.24, 2.45) is 5.73 Å². The van der Waals surface area contributed by atoms with Crippen molar-refractivity contribution >= 4 is 37.5 Å². The average Bonchev–Trinajstić information content (AvgIpc) is 2.41. The zero-order chi connectivity index (χ0) is 13.8. The number of benzene rings is 2. The van der Waals surface area contributed by atoms with Crippen LogP contribution in [0.25, 0.3) is 0 Å². The Kier molecular flexibility index (Phi) is 4.96. The highest BCUT2D eigenvalue weighted by Crippen LogP contribution is 2.24. The molecule has 0 aromatic heterocycles. The van der Waals surface area contributed by atoms with E-state index in [1.165, 1.54) is 6.07 Å². The molecule has 2 rings (SSSR count). The Labute approximate surface area is 128 Å². The van der Waals surface area contributed by atoms with Crippen molar-refractivity contribution in [1.82, 2.24) is 0 Å². The smallest absolute Gasteiger partial charge is 0.137 e. The molecular weight excluding hydrogens is 375 g/mol. The summed E-state index contributed by atoms with van der Waals surface area (Å²) in [6, 6.07) is 12.7. The maximum atomic E-state index is 13.2. The highest BCUT2D eigenvalue weighted by molar-refractivity contribution is 9.10. The molecule has 0 aliphatic heterocycles. The van der Waals surface area contributed by atoms with Crippen molar-refractivity contribution in [2.45, 2.75) is 6.04 Å². The van der Waals surface area contributed by atoms with Crippen LogP contribution in [0, 0.1) is 5.82 Å². The molecule has 0 heterocycles. The molecule has 3 N–H and O–H groups in total. The Morgan fingerprint density at radius 1 is 1.11 bits per heavy atom. The van der Waals surface area contributed by atoms with Gasteiger partial charge in [0.1, 0.15) is 5.82 Å². The summed E-state index contributed by atoms with van der Waals surface area (Å²) in [6.45, 7) is 0.425. The van der Waals surface area contributed by atoms with E-state index in [9.17, 15) is 4.39 Å². The third-order valence-electron chi connectivity index (χ3n) is 2.77. The van der Waals surface area contributed by atoms with E-state index in [1.807, 2.05) is 24.3 Å². The summed E-state index contributed by atoms with van der Waals surface area (Å²) >= 11 is 6.58. The molecule has 5 heteroatoms. The Morgan fingerprint density at radius 3 is 2.37 bits per heavy atom. The molecule has 1 unspecified atom stereocenters. The van der Waals surface area contributed by atoms with Gasteiger partial charge in [0.2, 0.25) is 0 Å². The second kappa shape index (κ2) is 6.50. The van der Waals surface area contributed by atoms with Gasteiger partial charge in [0, 0.05) is 16.7 Å². The Bertz CT molecular complexity index is 558. The third kappa shape index (κ3) is 3.78. The van der Waals surface area contributed by atoms with Crippen LogP contribution in [0.1, 0.15) is 11.6 Å². The highest BCUT2D eigenvalue weighted by atomic mass is 79.9. The molecule has 0 bridgehead atoms. The van der Waals surface area contributed by atoms with Crippen LogP contribution < -0.4 is 11.1 Å². The highest BCUT2D eigenvalue weighted by Gasteiger charge is 2.11. The Hall–Kier alpha value is -0.910. The number of nitrogens with two attached hydrogens (primary N) is 1. The number of hydrogen-bond acceptors (Lipinski definition) is 2. The van der Waals surface area contributed by atoms with Crippen LogP contribution in [-0.2, 0) is 0 Å². The zero-order valence-corrected chi connectivity index (χ0v) is 13.2. The van der Waals surface area contributed by atoms with Crippen LogP contribution in [-0.4, -0.2) is 6.54 Å². The molecule has 19 heavy (non-hydrogen) atoms. The lowest BCUT2D eigenvalue weighted by Crippen LogP contribution is -2.20. The molecule has 0 fully saturated rings. The number of halogens is 3. The molecule has 0 aliphatic carbocycles. The fraction of sp³-hybridized carbons (Fsp3) is 0.143. The van der Waals surface area contributed by atoms with E-state index < -0.39 is 0 Å². The van der Waals surface area contributed by atoms with E-state index in [0.29, 0.717) is 11.0 Å². The number of nitrogens with one attached hydrogen (secondary N) is 1. The first kappa shape index (κ1) is 14.5. The molecule has 0 saturated heterocycles. The molecule has 0 radical (unpaired) electrons. The van der Waals surface area contributed by atoms with Crippen LogP contribution in [0.4, 0.5) is 10.1 Å². The summed E-state index contributed by atoms with van der Waals surface area (Å²) in [7, 11) is 0. The molecule has 0 amide bonds. The van der Waals surface area contributed by atoms with E-state index in [2.05, 4.69) is 37.2 Å². The normalized spacial score (nSPS) is 12.2. The first-order valence-corrected chi connectivity index (χ1v) is 7.36. The van der Waals surface area contributed by atoms with Gasteiger partial charge in [-0.15, -0.1) is 0 Å². The molecule has 0 aliphatic rings. The van der Waals surface area contributed by atoms with E-state index in [1.54, 1.807) is 12.1 Å². The van der Waals surface area contributed by atoms with Gasteiger partial charge in [-0.1, -0.05) is 22.0 Å². The maximum Gasteiger partial charge on any atom is 0.137 e. The summed E-state index contributed by atoms with van der Waals surface area (Å²) < 4.78 is 14.7. The molecule has 2 aromatic rings. The van der Waals surface area contributed by atoms with Crippen LogP contribution in [0.15, 0.2) is 51.4 Å². The second-order valence-corrected chi connectivity index (χ2v) is 5.88. The second-order valence-electron chi connectivity index (χ2n) is 4.11. The third-order valence-corrected chi connectivity index (χ3v) is 3.90. The molecule has 1 atom stereocenters. The van der Waals surface area contributed by atoms with Gasteiger partial charge in [0.15, 0.2) is 0 Å². The molecular formula is C14H13Br2FN2. The van der Waals surface area contributed by atoms with Crippen molar-refractivity contribution in [3.05, 3.63) is 62.8 Å². The van der Waals surface area contributed by atoms with Crippen molar-refractivity contribution in [2.75, 3.05) is 11.9 Å². The summed E-state index contributed by atoms with van der Waals surface area (Å²) in [5.74, 6) is -0.275. The zero-order valence-electron chi connectivity index (χ0n) is 10.0. The largest absolute Gasteiger partial charge is 0.377 e. The van der Waals surface area contributed by atoms with Gasteiger partial charge in [0.05, 0.1) is 10.5 Å². The van der Waals surface area contributed by atoms with Gasteiger partial charge >= 0.3 is 0 Å². The monoisotopic (exact) mass is 386 g/mol. The lowest BCUT2D eigenvalue weighted by Gasteiger charge is -2.19. The lowest BCUT2D eigenvalue weighted by molar-refractivity contribution is 0.619. The molecule has 0 saturated carbocycles. The lowest BCUT2D eigenvalue weighted by atomic mass is 10.1. The van der Waals surface area contributed by atoms with Crippen molar-refractivity contribution in [3.8, 4) is 0 Å². The average molecular weight is 388 g/mol. The predicted molar refractivity (Wildman–Crippen MR) is 83.7 cm³/mol. The van der Waals surface area contributed by atoms with E-state index in [4.69, 9.17) is 5.73 Å². The van der Waals surface area contributed by atoms with Gasteiger partial charge < -0.3 is 11.1 Å². The predicted octanol–water partition coefficient (Wildman–Crippen LogP) is 4.46. The van der Waals surface area contributed by atoms with E-state index >= 15 is 0 Å². The summed E-state index contributed by atoms with van der Waals surface area (Å²) in [6.07, 6.45) is 0. The Balaban J connectivity index is 2.19. The molecule has 2 nitrogen and oxygen atoms in total. The fourth-order valence-electron chi connectivity index (χ4n) is 1.75. The van der Waals surface area contributed by atoms with Gasteiger partial charge in [-0.25, -0.2) is 4.39 Å². The fourth-order valence-corrected chi connectivity index (χ4v) is 2.42. The van der Waals surface area contributed by atoms with E-state index in [-0.39, 0.29) is 11.9 Å². The SMILES string of the molecule is NCC(Nc1ccc(Br)cc1)c1ccc(F)c(Br)c1. The number of rotatable bonds is 4. The van der Waals surface area contributed by atoms with Gasteiger partial charge in [-0.3, -0.25) is 0 Å². The Morgan fingerprint density at radius 2 is 1.79 bits per heavy atom. The van der Waals surface area contributed by atoms with Crippen LogP contribution in [0.5, 0.6) is 0 Å². The summed E-state index contributed by atoms with van der Waals surface area (Å²) in [5.41, 5.74) is 7.70. The van der Waals surface area contributed by atoms with Gasteiger partial charge in [-0.2, -0.15) is 0 Å². The number of anilines is 1. The first-order valence-electron chi connectivity index (χ1n) is 5.77. The molecule has 2 aromatic carbocycles. The van der Waals surface area contributed by atoms with Crippen molar-refractivity contribution in [1.29, 1.82) is 0 Å². The number of hydrogen-bond donors (Lipinski definition) is 2. The van der Waals surface area contributed by atoms with Crippen molar-refractivity contribution in [3.63, 3.8) is 0 Å². The van der Waals surface area contributed by atoms with Crippen molar-refractivity contribution < 1.29 is 4.39 Å². The molecule has 100 valence electrons. The van der Waals surface area contributed by atoms with Crippen LogP contribution in [0.2, 0.25) is 0 Å².